The first-order valence-corrected chi connectivity index (χ1v) is 11.0. The van der Waals surface area contributed by atoms with Crippen LogP contribution in [-0.4, -0.2) is 28.9 Å². The van der Waals surface area contributed by atoms with Crippen molar-refractivity contribution >= 4 is 17.2 Å². The second-order valence-electron chi connectivity index (χ2n) is 7.26. The molecule has 1 amide bonds. The summed E-state index contributed by atoms with van der Waals surface area (Å²) < 4.78 is 11.1. The molecule has 0 aliphatic carbocycles. The van der Waals surface area contributed by atoms with E-state index in [9.17, 15) is 4.79 Å². The van der Waals surface area contributed by atoms with Crippen LogP contribution in [0.4, 0.5) is 0 Å². The van der Waals surface area contributed by atoms with Crippen LogP contribution < -0.4 is 9.47 Å². The topological polar surface area (TPSA) is 51.7 Å². The van der Waals surface area contributed by atoms with Crippen LogP contribution in [0.15, 0.2) is 53.9 Å². The number of rotatable bonds is 9. The average Bonchev–Trinajstić information content (AvgIpc) is 3.22. The molecule has 1 heterocycles. The van der Waals surface area contributed by atoms with Gasteiger partial charge in [0.15, 0.2) is 0 Å². The van der Waals surface area contributed by atoms with E-state index in [1.807, 2.05) is 59.7 Å². The van der Waals surface area contributed by atoms with E-state index in [1.54, 1.807) is 24.5 Å². The molecule has 0 saturated heterocycles. The van der Waals surface area contributed by atoms with E-state index in [4.69, 9.17) is 9.47 Å². The number of aromatic nitrogens is 1. The fourth-order valence-corrected chi connectivity index (χ4v) is 3.78. The molecule has 0 saturated carbocycles. The van der Waals surface area contributed by atoms with Gasteiger partial charge in [0.25, 0.3) is 5.91 Å². The SMILES string of the molecule is CC[C@@H](C)N(Cc1csc(COc2cccc(C)c2)n1)C(=O)c1cccc(OC)c1. The van der Waals surface area contributed by atoms with E-state index in [0.717, 1.165) is 28.4 Å². The zero-order chi connectivity index (χ0) is 21.5. The second-order valence-corrected chi connectivity index (χ2v) is 8.20. The number of aryl methyl sites for hydroxylation is 1. The summed E-state index contributed by atoms with van der Waals surface area (Å²) in [6, 6.07) is 15.3. The first-order chi connectivity index (χ1) is 14.5. The molecule has 0 unspecified atom stereocenters. The molecule has 0 aliphatic rings. The third-order valence-electron chi connectivity index (χ3n) is 4.98. The van der Waals surface area contributed by atoms with Crippen molar-refractivity contribution in [1.82, 2.24) is 9.88 Å². The van der Waals surface area contributed by atoms with Crippen LogP contribution in [0.2, 0.25) is 0 Å². The predicted molar refractivity (Wildman–Crippen MR) is 120 cm³/mol. The van der Waals surface area contributed by atoms with Crippen LogP contribution in [0.5, 0.6) is 11.5 Å². The predicted octanol–water partition coefficient (Wildman–Crippen LogP) is 5.48. The number of carbonyl (C=O) groups is 1. The van der Waals surface area contributed by atoms with E-state index in [1.165, 1.54) is 0 Å². The van der Waals surface area contributed by atoms with Gasteiger partial charge >= 0.3 is 0 Å². The van der Waals surface area contributed by atoms with Gasteiger partial charge in [0.05, 0.1) is 19.3 Å². The zero-order valence-corrected chi connectivity index (χ0v) is 18.7. The Balaban J connectivity index is 1.70. The van der Waals surface area contributed by atoms with Crippen molar-refractivity contribution in [3.63, 3.8) is 0 Å². The molecule has 0 aliphatic heterocycles. The lowest BCUT2D eigenvalue weighted by atomic mass is 10.1. The van der Waals surface area contributed by atoms with E-state index in [-0.39, 0.29) is 11.9 Å². The van der Waals surface area contributed by atoms with Crippen LogP contribution in [0, 0.1) is 6.92 Å². The molecule has 1 atom stereocenters. The van der Waals surface area contributed by atoms with Gasteiger partial charge in [-0.3, -0.25) is 4.79 Å². The molecule has 30 heavy (non-hydrogen) atoms. The maximum atomic E-state index is 13.2. The molecule has 5 nitrogen and oxygen atoms in total. The van der Waals surface area contributed by atoms with Gasteiger partial charge in [0.1, 0.15) is 23.1 Å². The maximum Gasteiger partial charge on any atom is 0.254 e. The van der Waals surface area contributed by atoms with Crippen LogP contribution in [0.3, 0.4) is 0 Å². The molecule has 0 fully saturated rings. The normalized spacial score (nSPS) is 11.7. The van der Waals surface area contributed by atoms with Crippen LogP contribution >= 0.6 is 11.3 Å². The number of nitrogens with zero attached hydrogens (tertiary/aromatic N) is 2. The largest absolute Gasteiger partial charge is 0.497 e. The van der Waals surface area contributed by atoms with Crippen molar-refractivity contribution in [3.05, 3.63) is 75.7 Å². The zero-order valence-electron chi connectivity index (χ0n) is 17.9. The van der Waals surface area contributed by atoms with Crippen molar-refractivity contribution in [2.45, 2.75) is 46.4 Å². The molecular weight excluding hydrogens is 396 g/mol. The fourth-order valence-electron chi connectivity index (χ4n) is 3.08. The summed E-state index contributed by atoms with van der Waals surface area (Å²) in [4.78, 5) is 19.7. The quantitative estimate of drug-likeness (QED) is 0.456. The van der Waals surface area contributed by atoms with Crippen LogP contribution in [0.1, 0.15) is 46.9 Å². The lowest BCUT2D eigenvalue weighted by molar-refractivity contribution is 0.0668. The van der Waals surface area contributed by atoms with Crippen molar-refractivity contribution in [2.24, 2.45) is 0 Å². The van der Waals surface area contributed by atoms with E-state index < -0.39 is 0 Å². The molecule has 0 bridgehead atoms. The molecule has 158 valence electrons. The second kappa shape index (κ2) is 10.3. The van der Waals surface area contributed by atoms with Gasteiger partial charge < -0.3 is 14.4 Å². The number of hydrogen-bond donors (Lipinski definition) is 0. The summed E-state index contributed by atoms with van der Waals surface area (Å²) in [5.41, 5.74) is 2.65. The highest BCUT2D eigenvalue weighted by Gasteiger charge is 2.22. The minimum absolute atomic E-state index is 0.0196. The van der Waals surface area contributed by atoms with E-state index >= 15 is 0 Å². The monoisotopic (exact) mass is 424 g/mol. The van der Waals surface area contributed by atoms with Crippen LogP contribution in [-0.2, 0) is 13.2 Å². The first-order valence-electron chi connectivity index (χ1n) is 10.1. The fraction of sp³-hybridized carbons (Fsp3) is 0.333. The van der Waals surface area contributed by atoms with Crippen molar-refractivity contribution in [1.29, 1.82) is 0 Å². The number of carbonyl (C=O) groups excluding carboxylic acids is 1. The number of ether oxygens (including phenoxy) is 2. The summed E-state index contributed by atoms with van der Waals surface area (Å²) in [6.07, 6.45) is 0.864. The van der Waals surface area contributed by atoms with Gasteiger partial charge in [-0.15, -0.1) is 11.3 Å². The van der Waals surface area contributed by atoms with Crippen molar-refractivity contribution in [2.75, 3.05) is 7.11 Å². The Hall–Kier alpha value is -2.86. The molecule has 0 radical (unpaired) electrons. The Morgan fingerprint density at radius 1 is 1.17 bits per heavy atom. The number of amides is 1. The molecule has 3 aromatic rings. The number of methoxy groups -OCH3 is 1. The highest BCUT2D eigenvalue weighted by Crippen LogP contribution is 2.21. The third kappa shape index (κ3) is 5.60. The Labute approximate surface area is 182 Å². The first kappa shape index (κ1) is 21.8. The van der Waals surface area contributed by atoms with E-state index in [2.05, 4.69) is 18.8 Å². The van der Waals surface area contributed by atoms with E-state index in [0.29, 0.717) is 24.5 Å². The standard InChI is InChI=1S/C24H28N2O3S/c1-5-18(3)26(24(27)19-9-7-10-21(13-19)28-4)14-20-16-30-23(25-20)15-29-22-11-6-8-17(2)12-22/h6-13,16,18H,5,14-15H2,1-4H3/t18-/m1/s1. The van der Waals surface area contributed by atoms with Crippen LogP contribution in [0.25, 0.3) is 0 Å². The highest BCUT2D eigenvalue weighted by molar-refractivity contribution is 7.09. The summed E-state index contributed by atoms with van der Waals surface area (Å²) in [6.45, 7) is 7.06. The van der Waals surface area contributed by atoms with Crippen molar-refractivity contribution < 1.29 is 14.3 Å². The number of hydrogen-bond acceptors (Lipinski definition) is 5. The molecule has 0 N–H and O–H groups in total. The molecule has 3 rings (SSSR count). The summed E-state index contributed by atoms with van der Waals surface area (Å²) >= 11 is 1.55. The summed E-state index contributed by atoms with van der Waals surface area (Å²) in [5, 5.41) is 2.90. The molecule has 1 aromatic heterocycles. The minimum atomic E-state index is -0.0196. The molecule has 0 spiro atoms. The minimum Gasteiger partial charge on any atom is -0.497 e. The highest BCUT2D eigenvalue weighted by atomic mass is 32.1. The van der Waals surface area contributed by atoms with Gasteiger partial charge in [-0.2, -0.15) is 0 Å². The number of benzene rings is 2. The summed E-state index contributed by atoms with van der Waals surface area (Å²) in [5.74, 6) is 1.49. The Morgan fingerprint density at radius 3 is 2.67 bits per heavy atom. The Bertz CT molecular complexity index is 986. The smallest absolute Gasteiger partial charge is 0.254 e. The van der Waals surface area contributed by atoms with Crippen molar-refractivity contribution in [3.8, 4) is 11.5 Å². The lowest BCUT2D eigenvalue weighted by Gasteiger charge is -2.28. The average molecular weight is 425 g/mol. The maximum absolute atomic E-state index is 13.2. The van der Waals surface area contributed by atoms with Gasteiger partial charge in [-0.05, 0) is 56.2 Å². The number of thiazole rings is 1. The Kier molecular flexibility index (Phi) is 7.46. The molecule has 6 heteroatoms. The third-order valence-corrected chi connectivity index (χ3v) is 5.86. The Morgan fingerprint density at radius 2 is 1.93 bits per heavy atom. The molecular formula is C24H28N2O3S. The lowest BCUT2D eigenvalue weighted by Crippen LogP contribution is -2.37. The molecule has 2 aromatic carbocycles. The van der Waals surface area contributed by atoms with Gasteiger partial charge in [0, 0.05) is 17.0 Å². The van der Waals surface area contributed by atoms with Gasteiger partial charge in [-0.25, -0.2) is 4.98 Å². The van der Waals surface area contributed by atoms with Gasteiger partial charge in [-0.1, -0.05) is 25.1 Å². The van der Waals surface area contributed by atoms with Gasteiger partial charge in [0.2, 0.25) is 0 Å². The summed E-state index contributed by atoms with van der Waals surface area (Å²) in [7, 11) is 1.60.